The summed E-state index contributed by atoms with van der Waals surface area (Å²) in [4.78, 5) is 12.1. The van der Waals surface area contributed by atoms with E-state index in [-0.39, 0.29) is 11.8 Å². The SMILES string of the molecule is Cn1nccc1CCNC(=O)CC1CNc2ccccc21. The fraction of sp³-hybridized carbons (Fsp3) is 0.375. The van der Waals surface area contributed by atoms with Gasteiger partial charge in [0, 0.05) is 56.5 Å². The maximum Gasteiger partial charge on any atom is 0.220 e. The third kappa shape index (κ3) is 3.07. The van der Waals surface area contributed by atoms with Gasteiger partial charge in [0.15, 0.2) is 0 Å². The van der Waals surface area contributed by atoms with Crippen molar-refractivity contribution in [2.24, 2.45) is 7.05 Å². The summed E-state index contributed by atoms with van der Waals surface area (Å²) in [6, 6.07) is 10.2. The molecular formula is C16H20N4O. The van der Waals surface area contributed by atoms with E-state index in [1.54, 1.807) is 6.20 Å². The molecule has 3 rings (SSSR count). The number of hydrogen-bond donors (Lipinski definition) is 2. The van der Waals surface area contributed by atoms with Crippen molar-refractivity contribution in [3.8, 4) is 0 Å². The van der Waals surface area contributed by atoms with Crippen LogP contribution in [0.5, 0.6) is 0 Å². The van der Waals surface area contributed by atoms with E-state index in [0.717, 1.165) is 24.3 Å². The first-order valence-corrected chi connectivity index (χ1v) is 7.30. The highest BCUT2D eigenvalue weighted by atomic mass is 16.1. The maximum atomic E-state index is 12.1. The molecule has 0 saturated carbocycles. The first kappa shape index (κ1) is 13.7. The number of hydrogen-bond acceptors (Lipinski definition) is 3. The minimum absolute atomic E-state index is 0.112. The Bertz CT molecular complexity index is 635. The first-order chi connectivity index (χ1) is 10.2. The fourth-order valence-electron chi connectivity index (χ4n) is 2.81. The summed E-state index contributed by atoms with van der Waals surface area (Å²) in [6.07, 6.45) is 3.12. The number of anilines is 1. The van der Waals surface area contributed by atoms with Crippen LogP contribution in [0.25, 0.3) is 0 Å². The third-order valence-electron chi connectivity index (χ3n) is 4.00. The summed E-state index contributed by atoms with van der Waals surface area (Å²) in [6.45, 7) is 1.49. The van der Waals surface area contributed by atoms with E-state index in [2.05, 4.69) is 27.9 Å². The lowest BCUT2D eigenvalue weighted by atomic mass is 9.97. The van der Waals surface area contributed by atoms with Crippen molar-refractivity contribution in [3.05, 3.63) is 47.8 Å². The van der Waals surface area contributed by atoms with Crippen LogP contribution < -0.4 is 10.6 Å². The van der Waals surface area contributed by atoms with Crippen LogP contribution in [-0.2, 0) is 18.3 Å². The summed E-state index contributed by atoms with van der Waals surface area (Å²) in [5.74, 6) is 0.388. The molecule has 0 saturated heterocycles. The number of carbonyl (C=O) groups excluding carboxylic acids is 1. The highest BCUT2D eigenvalue weighted by Crippen LogP contribution is 2.32. The number of nitrogens with one attached hydrogen (secondary N) is 2. The Morgan fingerprint density at radius 3 is 3.10 bits per heavy atom. The van der Waals surface area contributed by atoms with E-state index in [1.165, 1.54) is 5.56 Å². The minimum Gasteiger partial charge on any atom is -0.384 e. The highest BCUT2D eigenvalue weighted by molar-refractivity contribution is 5.78. The van der Waals surface area contributed by atoms with Gasteiger partial charge in [-0.3, -0.25) is 9.48 Å². The van der Waals surface area contributed by atoms with Crippen molar-refractivity contribution >= 4 is 11.6 Å². The van der Waals surface area contributed by atoms with Crippen LogP contribution in [0.4, 0.5) is 5.69 Å². The number of para-hydroxylation sites is 1. The van der Waals surface area contributed by atoms with Crippen molar-refractivity contribution < 1.29 is 4.79 Å². The number of amides is 1. The summed E-state index contributed by atoms with van der Waals surface area (Å²) in [7, 11) is 1.91. The Balaban J connectivity index is 1.48. The molecule has 2 heterocycles. The molecule has 1 unspecified atom stereocenters. The predicted molar refractivity (Wildman–Crippen MR) is 82.2 cm³/mol. The van der Waals surface area contributed by atoms with E-state index in [4.69, 9.17) is 0 Å². The highest BCUT2D eigenvalue weighted by Gasteiger charge is 2.23. The van der Waals surface area contributed by atoms with Crippen LogP contribution in [0.3, 0.4) is 0 Å². The van der Waals surface area contributed by atoms with E-state index < -0.39 is 0 Å². The van der Waals surface area contributed by atoms with Crippen LogP contribution in [-0.4, -0.2) is 28.8 Å². The Hall–Kier alpha value is -2.30. The zero-order chi connectivity index (χ0) is 14.7. The van der Waals surface area contributed by atoms with Crippen molar-refractivity contribution in [1.29, 1.82) is 0 Å². The second kappa shape index (κ2) is 5.99. The van der Waals surface area contributed by atoms with Crippen molar-refractivity contribution in [2.75, 3.05) is 18.4 Å². The summed E-state index contributed by atoms with van der Waals surface area (Å²) >= 11 is 0. The molecule has 2 N–H and O–H groups in total. The van der Waals surface area contributed by atoms with Crippen molar-refractivity contribution in [3.63, 3.8) is 0 Å². The molecule has 1 aliphatic rings. The van der Waals surface area contributed by atoms with E-state index in [9.17, 15) is 4.79 Å². The van der Waals surface area contributed by atoms with Crippen molar-refractivity contribution in [2.45, 2.75) is 18.8 Å². The molecule has 1 aromatic heterocycles. The number of rotatable bonds is 5. The average molecular weight is 284 g/mol. The van der Waals surface area contributed by atoms with Gasteiger partial charge in [-0.2, -0.15) is 5.10 Å². The molecular weight excluding hydrogens is 264 g/mol. The van der Waals surface area contributed by atoms with Gasteiger partial charge in [-0.25, -0.2) is 0 Å². The molecule has 1 aliphatic heterocycles. The molecule has 0 radical (unpaired) electrons. The standard InChI is InChI=1S/C16H20N4O/c1-20-13(7-9-19-20)6-8-17-16(21)10-12-11-18-15-5-3-2-4-14(12)15/h2-5,7,9,12,18H,6,8,10-11H2,1H3,(H,17,21). The molecule has 110 valence electrons. The monoisotopic (exact) mass is 284 g/mol. The van der Waals surface area contributed by atoms with Crippen LogP contribution in [0.2, 0.25) is 0 Å². The molecule has 0 aliphatic carbocycles. The van der Waals surface area contributed by atoms with Gasteiger partial charge in [0.2, 0.25) is 5.91 Å². The first-order valence-electron chi connectivity index (χ1n) is 7.30. The zero-order valence-electron chi connectivity index (χ0n) is 12.2. The van der Waals surface area contributed by atoms with Gasteiger partial charge in [0.1, 0.15) is 0 Å². The molecule has 1 atom stereocenters. The van der Waals surface area contributed by atoms with E-state index in [1.807, 2.05) is 29.9 Å². The van der Waals surface area contributed by atoms with E-state index >= 15 is 0 Å². The second-order valence-corrected chi connectivity index (χ2v) is 5.42. The lowest BCUT2D eigenvalue weighted by Crippen LogP contribution is -2.28. The third-order valence-corrected chi connectivity index (χ3v) is 4.00. The quantitative estimate of drug-likeness (QED) is 0.878. The minimum atomic E-state index is 0.112. The maximum absolute atomic E-state index is 12.1. The number of aryl methyl sites for hydroxylation is 1. The molecule has 1 amide bonds. The number of fused-ring (bicyclic) bond motifs is 1. The molecule has 0 spiro atoms. The molecule has 0 bridgehead atoms. The second-order valence-electron chi connectivity index (χ2n) is 5.42. The topological polar surface area (TPSA) is 59.0 Å². The van der Waals surface area contributed by atoms with Gasteiger partial charge in [-0.1, -0.05) is 18.2 Å². The summed E-state index contributed by atoms with van der Waals surface area (Å²) in [5.41, 5.74) is 3.53. The van der Waals surface area contributed by atoms with Crippen LogP contribution in [0.15, 0.2) is 36.5 Å². The van der Waals surface area contributed by atoms with E-state index in [0.29, 0.717) is 13.0 Å². The molecule has 21 heavy (non-hydrogen) atoms. The molecule has 0 fully saturated rings. The van der Waals surface area contributed by atoms with Gasteiger partial charge in [0.25, 0.3) is 0 Å². The van der Waals surface area contributed by atoms with Crippen LogP contribution in [0, 0.1) is 0 Å². The Morgan fingerprint density at radius 1 is 1.43 bits per heavy atom. The Kier molecular flexibility index (Phi) is 3.90. The Labute approximate surface area is 124 Å². The lowest BCUT2D eigenvalue weighted by molar-refractivity contribution is -0.121. The van der Waals surface area contributed by atoms with Crippen LogP contribution in [0.1, 0.15) is 23.6 Å². The number of benzene rings is 1. The zero-order valence-corrected chi connectivity index (χ0v) is 12.2. The normalized spacial score (nSPS) is 16.3. The van der Waals surface area contributed by atoms with Gasteiger partial charge >= 0.3 is 0 Å². The fourth-order valence-corrected chi connectivity index (χ4v) is 2.81. The van der Waals surface area contributed by atoms with Crippen molar-refractivity contribution in [1.82, 2.24) is 15.1 Å². The van der Waals surface area contributed by atoms with Gasteiger partial charge in [-0.15, -0.1) is 0 Å². The summed E-state index contributed by atoms with van der Waals surface area (Å²) < 4.78 is 1.84. The smallest absolute Gasteiger partial charge is 0.220 e. The molecule has 1 aromatic carbocycles. The van der Waals surface area contributed by atoms with Gasteiger partial charge in [0.05, 0.1) is 0 Å². The molecule has 5 heteroatoms. The predicted octanol–water partition coefficient (Wildman–Crippen LogP) is 1.68. The summed E-state index contributed by atoms with van der Waals surface area (Å²) in [5, 5.41) is 10.5. The van der Waals surface area contributed by atoms with Gasteiger partial charge in [-0.05, 0) is 17.7 Å². The van der Waals surface area contributed by atoms with Crippen LogP contribution >= 0.6 is 0 Å². The number of nitrogens with zero attached hydrogens (tertiary/aromatic N) is 2. The largest absolute Gasteiger partial charge is 0.384 e. The van der Waals surface area contributed by atoms with Gasteiger partial charge < -0.3 is 10.6 Å². The average Bonchev–Trinajstić information content (AvgIpc) is 3.07. The Morgan fingerprint density at radius 2 is 2.29 bits per heavy atom. The number of carbonyl (C=O) groups is 1. The number of aromatic nitrogens is 2. The molecule has 5 nitrogen and oxygen atoms in total. The molecule has 2 aromatic rings. The lowest BCUT2D eigenvalue weighted by Gasteiger charge is -2.10.